The summed E-state index contributed by atoms with van der Waals surface area (Å²) in [7, 11) is 1.19. The summed E-state index contributed by atoms with van der Waals surface area (Å²) in [6.45, 7) is 0. The van der Waals surface area contributed by atoms with Gasteiger partial charge >= 0.3 is 5.97 Å². The maximum absolute atomic E-state index is 11.5. The normalized spacial score (nSPS) is 11.8. The molecule has 0 atom stereocenters. The van der Waals surface area contributed by atoms with E-state index >= 15 is 0 Å². The molecular weight excluding hydrogens is 180 g/mol. The van der Waals surface area contributed by atoms with Crippen LogP contribution in [0.3, 0.4) is 0 Å². The average Bonchev–Trinajstić information content (AvgIpc) is 2.29. The number of hydrogen-bond acceptors (Lipinski definition) is 3. The highest BCUT2D eigenvalue weighted by Gasteiger charge is 2.00. The van der Waals surface area contributed by atoms with E-state index in [4.69, 9.17) is 1.37 Å². The number of hydrogen-bond donors (Lipinski definition) is 0. The van der Waals surface area contributed by atoms with E-state index in [9.17, 15) is 9.59 Å². The Morgan fingerprint density at radius 2 is 2.00 bits per heavy atom. The third-order valence-electron chi connectivity index (χ3n) is 1.56. The zero-order valence-corrected chi connectivity index (χ0v) is 7.69. The molecule has 14 heavy (non-hydrogen) atoms. The summed E-state index contributed by atoms with van der Waals surface area (Å²) < 4.78 is 11.7. The zero-order valence-electron chi connectivity index (χ0n) is 8.69. The van der Waals surface area contributed by atoms with E-state index in [1.807, 2.05) is 0 Å². The Kier molecular flexibility index (Phi) is 3.08. The van der Waals surface area contributed by atoms with Gasteiger partial charge in [-0.2, -0.15) is 0 Å². The predicted octanol–water partition coefficient (Wildman–Crippen LogP) is 1.60. The maximum atomic E-state index is 11.5. The lowest BCUT2D eigenvalue weighted by molar-refractivity contribution is -0.134. The largest absolute Gasteiger partial charge is 0.466 e. The fourth-order valence-corrected chi connectivity index (χ4v) is 0.856. The van der Waals surface area contributed by atoms with Crippen molar-refractivity contribution in [2.24, 2.45) is 0 Å². The minimum Gasteiger partial charge on any atom is -0.466 e. The van der Waals surface area contributed by atoms with Crippen LogP contribution < -0.4 is 0 Å². The predicted molar refractivity (Wildman–Crippen MR) is 51.9 cm³/mol. The molecule has 1 aromatic carbocycles. The van der Waals surface area contributed by atoms with Gasteiger partial charge in [0.05, 0.1) is 8.48 Å². The van der Waals surface area contributed by atoms with Crippen molar-refractivity contribution in [1.82, 2.24) is 0 Å². The number of methoxy groups -OCH3 is 1. The van der Waals surface area contributed by atoms with Gasteiger partial charge in [0.2, 0.25) is 0 Å². The van der Waals surface area contributed by atoms with Crippen LogP contribution in [-0.4, -0.2) is 18.9 Å². The van der Waals surface area contributed by atoms with E-state index in [0.717, 1.165) is 6.08 Å². The molecule has 3 nitrogen and oxygen atoms in total. The molecule has 0 radical (unpaired) electrons. The standard InChI is InChI=1S/C11H10O3/c1-14-11(13)8-7-10(12)9-5-3-2-4-6-9/h2-8H,1H3/b8-7+/i7D. The van der Waals surface area contributed by atoms with Crippen LogP contribution in [0.15, 0.2) is 42.5 Å². The number of carbonyl (C=O) groups is 2. The Morgan fingerprint density at radius 3 is 2.57 bits per heavy atom. The van der Waals surface area contributed by atoms with E-state index < -0.39 is 11.8 Å². The molecular formula is C11H10O3. The molecule has 1 rings (SSSR count). The van der Waals surface area contributed by atoms with Gasteiger partial charge in [-0.25, -0.2) is 4.79 Å². The van der Waals surface area contributed by atoms with Crippen molar-refractivity contribution in [3.63, 3.8) is 0 Å². The van der Waals surface area contributed by atoms with E-state index in [1.54, 1.807) is 30.3 Å². The van der Waals surface area contributed by atoms with Gasteiger partial charge in [-0.3, -0.25) is 4.79 Å². The molecule has 0 aromatic heterocycles. The Hall–Kier alpha value is -1.90. The maximum Gasteiger partial charge on any atom is 0.330 e. The number of benzene rings is 1. The number of carbonyl (C=O) groups excluding carboxylic acids is 2. The fourth-order valence-electron chi connectivity index (χ4n) is 0.856. The molecule has 0 fully saturated rings. The summed E-state index contributed by atoms with van der Waals surface area (Å²) in [5, 5.41) is 0. The second kappa shape index (κ2) is 4.97. The topological polar surface area (TPSA) is 43.4 Å². The van der Waals surface area contributed by atoms with Crippen molar-refractivity contribution in [2.75, 3.05) is 7.11 Å². The van der Waals surface area contributed by atoms with Gasteiger partial charge in [-0.05, 0) is 6.05 Å². The Morgan fingerprint density at radius 1 is 1.36 bits per heavy atom. The molecule has 3 heteroatoms. The third-order valence-corrected chi connectivity index (χ3v) is 1.56. The van der Waals surface area contributed by atoms with Crippen molar-refractivity contribution in [1.29, 1.82) is 0 Å². The van der Waals surface area contributed by atoms with Crippen molar-refractivity contribution in [3.8, 4) is 0 Å². The zero-order chi connectivity index (χ0) is 11.3. The molecule has 0 heterocycles. The first-order valence-electron chi connectivity index (χ1n) is 4.51. The fraction of sp³-hybridized carbons (Fsp3) is 0.0909. The second-order valence-electron chi connectivity index (χ2n) is 2.51. The average molecular weight is 191 g/mol. The molecule has 0 N–H and O–H groups in total. The van der Waals surface area contributed by atoms with E-state index in [1.165, 1.54) is 7.11 Å². The van der Waals surface area contributed by atoms with Crippen molar-refractivity contribution < 1.29 is 15.7 Å². The van der Waals surface area contributed by atoms with Crippen LogP contribution in [0.25, 0.3) is 0 Å². The molecule has 0 aliphatic heterocycles. The van der Waals surface area contributed by atoms with Gasteiger partial charge in [-0.1, -0.05) is 30.3 Å². The molecule has 0 aliphatic carbocycles. The van der Waals surface area contributed by atoms with E-state index in [2.05, 4.69) is 4.74 Å². The molecule has 0 amide bonds. The van der Waals surface area contributed by atoms with Crippen LogP contribution in [0.1, 0.15) is 11.7 Å². The molecule has 0 spiro atoms. The van der Waals surface area contributed by atoms with Crippen molar-refractivity contribution in [2.45, 2.75) is 0 Å². The monoisotopic (exact) mass is 191 g/mol. The third kappa shape index (κ3) is 2.86. The molecule has 0 aliphatic rings. The number of esters is 1. The van der Waals surface area contributed by atoms with Crippen molar-refractivity contribution >= 4 is 11.8 Å². The van der Waals surface area contributed by atoms with Crippen LogP contribution in [0.5, 0.6) is 0 Å². The molecule has 1 aromatic rings. The molecule has 72 valence electrons. The molecule has 0 bridgehead atoms. The lowest BCUT2D eigenvalue weighted by Crippen LogP contribution is -1.98. The lowest BCUT2D eigenvalue weighted by atomic mass is 10.1. The first-order chi connectivity index (χ1) is 7.15. The highest BCUT2D eigenvalue weighted by Crippen LogP contribution is 2.00. The summed E-state index contributed by atoms with van der Waals surface area (Å²) in [5.41, 5.74) is 0.377. The second-order valence-corrected chi connectivity index (χ2v) is 2.51. The molecule has 0 saturated carbocycles. The van der Waals surface area contributed by atoms with E-state index in [-0.39, 0.29) is 6.05 Å². The number of ketones is 1. The van der Waals surface area contributed by atoms with Crippen LogP contribution in [-0.2, 0) is 9.53 Å². The summed E-state index contributed by atoms with van der Waals surface area (Å²) >= 11 is 0. The summed E-state index contributed by atoms with van der Waals surface area (Å²) in [5.74, 6) is -1.20. The number of rotatable bonds is 3. The highest BCUT2D eigenvalue weighted by atomic mass is 16.5. The SMILES string of the molecule is [2H]/C(=C\C(=O)OC)C(=O)c1ccccc1. The van der Waals surface area contributed by atoms with Gasteiger partial charge < -0.3 is 4.74 Å². The molecule has 0 saturated heterocycles. The van der Waals surface area contributed by atoms with Crippen LogP contribution in [0.4, 0.5) is 0 Å². The Bertz CT molecular complexity index is 396. The van der Waals surface area contributed by atoms with Crippen LogP contribution >= 0.6 is 0 Å². The van der Waals surface area contributed by atoms with Gasteiger partial charge in [0.15, 0.2) is 5.78 Å². The van der Waals surface area contributed by atoms with Gasteiger partial charge in [-0.15, -0.1) is 0 Å². The quantitative estimate of drug-likeness (QED) is 0.414. The first kappa shape index (κ1) is 8.69. The summed E-state index contributed by atoms with van der Waals surface area (Å²) in [6.07, 6.45) is 0.856. The highest BCUT2D eigenvalue weighted by molar-refractivity contribution is 6.06. The Balaban J connectivity index is 2.87. The van der Waals surface area contributed by atoms with Gasteiger partial charge in [0, 0.05) is 11.6 Å². The minimum atomic E-state index is -0.704. The lowest BCUT2D eigenvalue weighted by Gasteiger charge is -1.93. The van der Waals surface area contributed by atoms with Crippen LogP contribution in [0.2, 0.25) is 0 Å². The number of allylic oxidation sites excluding steroid dienone is 1. The summed E-state index contributed by atoms with van der Waals surface area (Å²) in [6, 6.07) is 7.94. The smallest absolute Gasteiger partial charge is 0.330 e. The summed E-state index contributed by atoms with van der Waals surface area (Å²) in [4.78, 5) is 22.3. The molecule has 0 unspecified atom stereocenters. The Labute approximate surface area is 83.4 Å². The van der Waals surface area contributed by atoms with Crippen LogP contribution in [0, 0.1) is 0 Å². The number of ether oxygens (including phenoxy) is 1. The van der Waals surface area contributed by atoms with Gasteiger partial charge in [0.1, 0.15) is 0 Å². The van der Waals surface area contributed by atoms with E-state index in [0.29, 0.717) is 5.56 Å². The first-order valence-corrected chi connectivity index (χ1v) is 4.01. The van der Waals surface area contributed by atoms with Crippen molar-refractivity contribution in [3.05, 3.63) is 48.0 Å². The van der Waals surface area contributed by atoms with Gasteiger partial charge in [0.25, 0.3) is 0 Å². The minimum absolute atomic E-state index is 0.377.